The zero-order chi connectivity index (χ0) is 13.4. The highest BCUT2D eigenvalue weighted by atomic mass is 32.1. The predicted octanol–water partition coefficient (Wildman–Crippen LogP) is 2.45. The molecule has 0 aliphatic rings. The molecule has 0 aliphatic heterocycles. The Morgan fingerprint density at radius 3 is 3.00 bits per heavy atom. The molecule has 0 saturated carbocycles. The molecule has 0 bridgehead atoms. The highest BCUT2D eigenvalue weighted by molar-refractivity contribution is 7.80. The molecular formula is C13H17N3OS. The van der Waals surface area contributed by atoms with Crippen molar-refractivity contribution in [3.63, 3.8) is 0 Å². The lowest BCUT2D eigenvalue weighted by molar-refractivity contribution is 0.363. The normalized spacial score (nSPS) is 9.56. The van der Waals surface area contributed by atoms with Gasteiger partial charge in [0.1, 0.15) is 5.76 Å². The van der Waals surface area contributed by atoms with Gasteiger partial charge in [0.2, 0.25) is 0 Å². The summed E-state index contributed by atoms with van der Waals surface area (Å²) in [7, 11) is 0. The maximum Gasteiger partial charge on any atom is 0.169 e. The number of thiocarbonyl (C=S) groups is 1. The van der Waals surface area contributed by atoms with E-state index in [1.54, 1.807) is 6.26 Å². The van der Waals surface area contributed by atoms with Gasteiger partial charge in [0.15, 0.2) is 5.11 Å². The first-order valence-electron chi connectivity index (χ1n) is 5.70. The Hall–Kier alpha value is -1.80. The van der Waals surface area contributed by atoms with Crippen LogP contribution >= 0.6 is 12.2 Å². The molecule has 0 aliphatic carbocycles. The minimum Gasteiger partial charge on any atom is -0.467 e. The van der Waals surface area contributed by atoms with Crippen molar-refractivity contribution in [2.24, 2.45) is 0 Å². The molecule has 1 rings (SSSR count). The van der Waals surface area contributed by atoms with Gasteiger partial charge in [-0.1, -0.05) is 12.2 Å². The van der Waals surface area contributed by atoms with E-state index in [2.05, 4.69) is 18.0 Å². The van der Waals surface area contributed by atoms with Gasteiger partial charge in [-0.15, -0.1) is 0 Å². The molecule has 0 aromatic carbocycles. The van der Waals surface area contributed by atoms with E-state index in [9.17, 15) is 0 Å². The van der Waals surface area contributed by atoms with Gasteiger partial charge in [-0.3, -0.25) is 0 Å². The van der Waals surface area contributed by atoms with Crippen molar-refractivity contribution in [1.82, 2.24) is 10.2 Å². The summed E-state index contributed by atoms with van der Waals surface area (Å²) in [5.74, 6) is 0.826. The molecule has 5 heteroatoms. The summed E-state index contributed by atoms with van der Waals surface area (Å²) in [6.07, 6.45) is 2.05. The summed E-state index contributed by atoms with van der Waals surface area (Å²) >= 11 is 5.30. The minimum absolute atomic E-state index is 0.426. The summed E-state index contributed by atoms with van der Waals surface area (Å²) in [5.41, 5.74) is 1.01. The highest BCUT2D eigenvalue weighted by Crippen LogP contribution is 2.06. The minimum atomic E-state index is 0.426. The van der Waals surface area contributed by atoms with Crippen molar-refractivity contribution < 1.29 is 4.42 Å². The Bertz CT molecular complexity index is 434. The lowest BCUT2D eigenvalue weighted by Crippen LogP contribution is -2.40. The second-order valence-electron chi connectivity index (χ2n) is 4.02. The van der Waals surface area contributed by atoms with Gasteiger partial charge < -0.3 is 14.6 Å². The summed E-state index contributed by atoms with van der Waals surface area (Å²) in [6.45, 7) is 7.53. The first-order valence-corrected chi connectivity index (χ1v) is 6.10. The fraction of sp³-hybridized carbons (Fsp3) is 0.385. The van der Waals surface area contributed by atoms with Gasteiger partial charge in [0.25, 0.3) is 0 Å². The molecule has 4 nitrogen and oxygen atoms in total. The van der Waals surface area contributed by atoms with Gasteiger partial charge in [-0.25, -0.2) is 0 Å². The molecule has 1 heterocycles. The van der Waals surface area contributed by atoms with Crippen molar-refractivity contribution in [3.8, 4) is 6.07 Å². The van der Waals surface area contributed by atoms with Crippen LogP contribution in [0.3, 0.4) is 0 Å². The van der Waals surface area contributed by atoms with Gasteiger partial charge in [0.05, 0.1) is 25.3 Å². The molecule has 1 N–H and O–H groups in total. The lowest BCUT2D eigenvalue weighted by atomic mass is 10.3. The smallest absolute Gasteiger partial charge is 0.169 e. The Morgan fingerprint density at radius 2 is 2.44 bits per heavy atom. The molecule has 0 amide bonds. The van der Waals surface area contributed by atoms with Crippen molar-refractivity contribution in [1.29, 1.82) is 5.26 Å². The maximum atomic E-state index is 8.66. The molecule has 0 saturated heterocycles. The Balaban J connectivity index is 2.56. The third-order valence-corrected chi connectivity index (χ3v) is 2.65. The van der Waals surface area contributed by atoms with E-state index in [1.165, 1.54) is 0 Å². The second kappa shape index (κ2) is 7.51. The summed E-state index contributed by atoms with van der Waals surface area (Å²) in [5, 5.41) is 12.4. The first-order chi connectivity index (χ1) is 8.63. The number of furan rings is 1. The highest BCUT2D eigenvalue weighted by Gasteiger charge is 2.11. The third-order valence-electron chi connectivity index (χ3n) is 2.25. The van der Waals surface area contributed by atoms with Crippen LogP contribution in [0.15, 0.2) is 35.0 Å². The molecule has 96 valence electrons. The maximum absolute atomic E-state index is 8.66. The van der Waals surface area contributed by atoms with Crippen molar-refractivity contribution >= 4 is 17.3 Å². The SMILES string of the molecule is C=C(C)CNC(=S)N(CCC#N)Cc1ccco1. The zero-order valence-electron chi connectivity index (χ0n) is 10.5. The third kappa shape index (κ3) is 5.02. The second-order valence-corrected chi connectivity index (χ2v) is 4.41. The Kier molecular flexibility index (Phi) is 5.95. The van der Waals surface area contributed by atoms with Crippen LogP contribution < -0.4 is 5.32 Å². The van der Waals surface area contributed by atoms with Crippen LogP contribution in [-0.2, 0) is 6.54 Å². The molecule has 0 radical (unpaired) electrons. The van der Waals surface area contributed by atoms with Crippen LogP contribution in [0.5, 0.6) is 0 Å². The zero-order valence-corrected chi connectivity index (χ0v) is 11.3. The molecule has 0 fully saturated rings. The number of rotatable bonds is 6. The molecular weight excluding hydrogens is 246 g/mol. The number of hydrogen-bond donors (Lipinski definition) is 1. The van der Waals surface area contributed by atoms with Crippen LogP contribution in [0.1, 0.15) is 19.1 Å². The Morgan fingerprint density at radius 1 is 1.67 bits per heavy atom. The van der Waals surface area contributed by atoms with Crippen LogP contribution in [0.25, 0.3) is 0 Å². The van der Waals surface area contributed by atoms with Gasteiger partial charge in [0, 0.05) is 13.1 Å². The van der Waals surface area contributed by atoms with E-state index in [1.807, 2.05) is 24.0 Å². The fourth-order valence-electron chi connectivity index (χ4n) is 1.37. The summed E-state index contributed by atoms with van der Waals surface area (Å²) in [4.78, 5) is 1.92. The van der Waals surface area contributed by atoms with Crippen LogP contribution in [0.4, 0.5) is 0 Å². The van der Waals surface area contributed by atoms with E-state index in [-0.39, 0.29) is 0 Å². The molecule has 0 atom stereocenters. The van der Waals surface area contributed by atoms with Crippen LogP contribution in [0, 0.1) is 11.3 Å². The van der Waals surface area contributed by atoms with E-state index in [4.69, 9.17) is 21.9 Å². The van der Waals surface area contributed by atoms with Crippen molar-refractivity contribution in [2.45, 2.75) is 19.9 Å². The monoisotopic (exact) mass is 263 g/mol. The number of nitrogens with zero attached hydrogens (tertiary/aromatic N) is 2. The molecule has 1 aromatic heterocycles. The summed E-state index contributed by atoms with van der Waals surface area (Å²) < 4.78 is 5.29. The standard InChI is InChI=1S/C13H17N3OS/c1-11(2)9-15-13(18)16(7-4-6-14)10-12-5-3-8-17-12/h3,5,8H,1,4,7,9-10H2,2H3,(H,15,18). The quantitative estimate of drug-likeness (QED) is 0.631. The predicted molar refractivity (Wildman–Crippen MR) is 74.8 cm³/mol. The molecule has 18 heavy (non-hydrogen) atoms. The average Bonchev–Trinajstić information content (AvgIpc) is 2.84. The topological polar surface area (TPSA) is 52.2 Å². The Labute approximate surface area is 113 Å². The number of nitriles is 1. The van der Waals surface area contributed by atoms with Crippen molar-refractivity contribution in [3.05, 3.63) is 36.3 Å². The van der Waals surface area contributed by atoms with E-state index < -0.39 is 0 Å². The number of nitrogens with one attached hydrogen (secondary N) is 1. The van der Waals surface area contributed by atoms with Gasteiger partial charge >= 0.3 is 0 Å². The largest absolute Gasteiger partial charge is 0.467 e. The van der Waals surface area contributed by atoms with Crippen molar-refractivity contribution in [2.75, 3.05) is 13.1 Å². The van der Waals surface area contributed by atoms with Gasteiger partial charge in [-0.2, -0.15) is 5.26 Å². The molecule has 1 aromatic rings. The molecule has 0 unspecified atom stereocenters. The first kappa shape index (κ1) is 14.3. The fourth-order valence-corrected chi connectivity index (χ4v) is 1.59. The average molecular weight is 263 g/mol. The van der Waals surface area contributed by atoms with Crippen LogP contribution in [-0.4, -0.2) is 23.1 Å². The lowest BCUT2D eigenvalue weighted by Gasteiger charge is -2.24. The van der Waals surface area contributed by atoms with Crippen LogP contribution in [0.2, 0.25) is 0 Å². The summed E-state index contributed by atoms with van der Waals surface area (Å²) in [6, 6.07) is 5.85. The van der Waals surface area contributed by atoms with E-state index in [0.717, 1.165) is 11.3 Å². The number of hydrogen-bond acceptors (Lipinski definition) is 3. The van der Waals surface area contributed by atoms with Gasteiger partial charge in [-0.05, 0) is 31.3 Å². The van der Waals surface area contributed by atoms with E-state index >= 15 is 0 Å². The van der Waals surface area contributed by atoms with E-state index in [0.29, 0.717) is 31.2 Å². The molecule has 0 spiro atoms.